The Morgan fingerprint density at radius 3 is 2.00 bits per heavy atom. The Balaban J connectivity index is 2.99. The molecule has 1 aromatic rings. The van der Waals surface area contributed by atoms with Crippen LogP contribution in [0.5, 0.6) is 0 Å². The smallest absolute Gasteiger partial charge is 0.324 e. The highest BCUT2D eigenvalue weighted by Gasteiger charge is 2.31. The number of rotatable bonds is 7. The monoisotopic (exact) mass is 276 g/mol. The SMILES string of the molecule is C=CCc1ccc(C(C(=O)OCC)C(=O)OCC)cc1. The lowest BCUT2D eigenvalue weighted by molar-refractivity contribution is -0.156. The van der Waals surface area contributed by atoms with Crippen molar-refractivity contribution in [1.82, 2.24) is 0 Å². The number of allylic oxidation sites excluding steroid dienone is 1. The number of benzene rings is 1. The molecule has 0 spiro atoms. The number of ether oxygens (including phenoxy) is 2. The van der Waals surface area contributed by atoms with E-state index in [0.29, 0.717) is 5.56 Å². The molecule has 0 heterocycles. The van der Waals surface area contributed by atoms with Crippen molar-refractivity contribution in [3.63, 3.8) is 0 Å². The molecular weight excluding hydrogens is 256 g/mol. The van der Waals surface area contributed by atoms with Gasteiger partial charge in [-0.3, -0.25) is 9.59 Å². The largest absolute Gasteiger partial charge is 0.465 e. The average Bonchev–Trinajstić information content (AvgIpc) is 2.42. The Morgan fingerprint density at radius 2 is 1.60 bits per heavy atom. The van der Waals surface area contributed by atoms with Crippen LogP contribution >= 0.6 is 0 Å². The minimum atomic E-state index is -1.02. The van der Waals surface area contributed by atoms with Crippen molar-refractivity contribution in [3.05, 3.63) is 48.0 Å². The van der Waals surface area contributed by atoms with Gasteiger partial charge in [-0.25, -0.2) is 0 Å². The zero-order valence-electron chi connectivity index (χ0n) is 11.9. The highest BCUT2D eigenvalue weighted by atomic mass is 16.6. The summed E-state index contributed by atoms with van der Waals surface area (Å²) in [7, 11) is 0. The molecule has 0 amide bonds. The van der Waals surface area contributed by atoms with Crippen LogP contribution in [0, 0.1) is 0 Å². The van der Waals surface area contributed by atoms with Crippen LogP contribution in [0.15, 0.2) is 36.9 Å². The first-order valence-electron chi connectivity index (χ1n) is 6.67. The summed E-state index contributed by atoms with van der Waals surface area (Å²) in [5.74, 6) is -2.18. The zero-order chi connectivity index (χ0) is 15.0. The quantitative estimate of drug-likeness (QED) is 0.436. The predicted molar refractivity (Wildman–Crippen MR) is 76.4 cm³/mol. The fraction of sp³-hybridized carbons (Fsp3) is 0.375. The normalized spacial score (nSPS) is 10.2. The van der Waals surface area contributed by atoms with E-state index < -0.39 is 17.9 Å². The third kappa shape index (κ3) is 4.23. The molecule has 108 valence electrons. The van der Waals surface area contributed by atoms with Gasteiger partial charge in [0.25, 0.3) is 0 Å². The fourth-order valence-electron chi connectivity index (χ4n) is 1.83. The Labute approximate surface area is 119 Å². The van der Waals surface area contributed by atoms with Gasteiger partial charge in [-0.2, -0.15) is 0 Å². The molecule has 0 aliphatic rings. The molecule has 0 aliphatic carbocycles. The Morgan fingerprint density at radius 1 is 1.10 bits per heavy atom. The second kappa shape index (κ2) is 8.15. The van der Waals surface area contributed by atoms with Crippen LogP contribution in [-0.4, -0.2) is 25.2 Å². The van der Waals surface area contributed by atoms with Crippen LogP contribution in [0.25, 0.3) is 0 Å². The highest BCUT2D eigenvalue weighted by molar-refractivity contribution is 6.00. The van der Waals surface area contributed by atoms with E-state index >= 15 is 0 Å². The van der Waals surface area contributed by atoms with Crippen LogP contribution in [0.3, 0.4) is 0 Å². The van der Waals surface area contributed by atoms with Crippen molar-refractivity contribution in [2.24, 2.45) is 0 Å². The van der Waals surface area contributed by atoms with Crippen molar-refractivity contribution >= 4 is 11.9 Å². The number of hydrogen-bond donors (Lipinski definition) is 0. The van der Waals surface area contributed by atoms with Gasteiger partial charge in [-0.1, -0.05) is 30.3 Å². The van der Waals surface area contributed by atoms with Gasteiger partial charge in [0.15, 0.2) is 5.92 Å². The third-order valence-corrected chi connectivity index (χ3v) is 2.74. The standard InChI is InChI=1S/C16H20O4/c1-4-7-12-8-10-13(11-9-12)14(15(17)19-5-2)16(18)20-6-3/h4,8-11,14H,1,5-7H2,2-3H3. The molecule has 0 aromatic heterocycles. The summed E-state index contributed by atoms with van der Waals surface area (Å²) in [6.45, 7) is 7.52. The number of carbonyl (C=O) groups is 2. The van der Waals surface area contributed by atoms with E-state index in [2.05, 4.69) is 6.58 Å². The van der Waals surface area contributed by atoms with E-state index in [4.69, 9.17) is 9.47 Å². The second-order valence-corrected chi connectivity index (χ2v) is 4.17. The van der Waals surface area contributed by atoms with Crippen molar-refractivity contribution < 1.29 is 19.1 Å². The van der Waals surface area contributed by atoms with Crippen LogP contribution in [0.2, 0.25) is 0 Å². The molecule has 1 aromatic carbocycles. The van der Waals surface area contributed by atoms with Crippen LogP contribution in [-0.2, 0) is 25.5 Å². The average molecular weight is 276 g/mol. The summed E-state index contributed by atoms with van der Waals surface area (Å²) in [5, 5.41) is 0. The second-order valence-electron chi connectivity index (χ2n) is 4.17. The lowest BCUT2D eigenvalue weighted by atomic mass is 9.97. The van der Waals surface area contributed by atoms with Crippen molar-refractivity contribution in [2.45, 2.75) is 26.2 Å². The summed E-state index contributed by atoms with van der Waals surface area (Å²) in [6, 6.07) is 7.22. The van der Waals surface area contributed by atoms with E-state index in [0.717, 1.165) is 12.0 Å². The van der Waals surface area contributed by atoms with Gasteiger partial charge in [-0.15, -0.1) is 6.58 Å². The summed E-state index contributed by atoms with van der Waals surface area (Å²) in [6.07, 6.45) is 2.53. The number of esters is 2. The summed E-state index contributed by atoms with van der Waals surface area (Å²) in [5.41, 5.74) is 1.64. The van der Waals surface area contributed by atoms with E-state index in [1.54, 1.807) is 32.1 Å². The first-order valence-corrected chi connectivity index (χ1v) is 6.67. The van der Waals surface area contributed by atoms with Crippen molar-refractivity contribution in [3.8, 4) is 0 Å². The molecule has 0 fully saturated rings. The van der Waals surface area contributed by atoms with Gasteiger partial charge in [0.2, 0.25) is 0 Å². The molecule has 0 saturated carbocycles. The number of hydrogen-bond acceptors (Lipinski definition) is 4. The predicted octanol–water partition coefficient (Wildman–Crippen LogP) is 2.62. The summed E-state index contributed by atoms with van der Waals surface area (Å²) in [4.78, 5) is 23.9. The van der Waals surface area contributed by atoms with E-state index in [1.165, 1.54) is 0 Å². The van der Waals surface area contributed by atoms with Gasteiger partial charge in [0.1, 0.15) is 0 Å². The minimum absolute atomic E-state index is 0.225. The van der Waals surface area contributed by atoms with E-state index in [-0.39, 0.29) is 13.2 Å². The highest BCUT2D eigenvalue weighted by Crippen LogP contribution is 2.20. The molecule has 1 rings (SSSR count). The molecule has 0 N–H and O–H groups in total. The molecule has 4 nitrogen and oxygen atoms in total. The van der Waals surface area contributed by atoms with Crippen molar-refractivity contribution in [2.75, 3.05) is 13.2 Å². The molecule has 0 radical (unpaired) electrons. The molecule has 20 heavy (non-hydrogen) atoms. The van der Waals surface area contributed by atoms with Gasteiger partial charge < -0.3 is 9.47 Å². The first-order chi connectivity index (χ1) is 9.63. The number of carbonyl (C=O) groups excluding carboxylic acids is 2. The van der Waals surface area contributed by atoms with Gasteiger partial charge in [0, 0.05) is 0 Å². The molecule has 0 saturated heterocycles. The maximum Gasteiger partial charge on any atom is 0.324 e. The van der Waals surface area contributed by atoms with E-state index in [9.17, 15) is 9.59 Å². The summed E-state index contributed by atoms with van der Waals surface area (Å²) < 4.78 is 9.90. The van der Waals surface area contributed by atoms with Gasteiger partial charge in [-0.05, 0) is 31.4 Å². The zero-order valence-corrected chi connectivity index (χ0v) is 11.9. The molecule has 0 atom stereocenters. The third-order valence-electron chi connectivity index (χ3n) is 2.74. The molecule has 0 unspecified atom stereocenters. The molecular formula is C16H20O4. The first kappa shape index (κ1) is 16.0. The summed E-state index contributed by atoms with van der Waals surface area (Å²) >= 11 is 0. The minimum Gasteiger partial charge on any atom is -0.465 e. The molecule has 0 bridgehead atoms. The Hall–Kier alpha value is -2.10. The Bertz CT molecular complexity index is 444. The fourth-order valence-corrected chi connectivity index (χ4v) is 1.83. The Kier molecular flexibility index (Phi) is 6.50. The van der Waals surface area contributed by atoms with Gasteiger partial charge in [0.05, 0.1) is 13.2 Å². The molecule has 0 aliphatic heterocycles. The van der Waals surface area contributed by atoms with Crippen LogP contribution in [0.1, 0.15) is 30.9 Å². The lowest BCUT2D eigenvalue weighted by Gasteiger charge is -2.15. The molecule has 4 heteroatoms. The maximum atomic E-state index is 11.9. The van der Waals surface area contributed by atoms with E-state index in [1.807, 2.05) is 12.1 Å². The van der Waals surface area contributed by atoms with Gasteiger partial charge >= 0.3 is 11.9 Å². The van der Waals surface area contributed by atoms with Crippen LogP contribution in [0.4, 0.5) is 0 Å². The lowest BCUT2D eigenvalue weighted by Crippen LogP contribution is -2.26. The van der Waals surface area contributed by atoms with Crippen molar-refractivity contribution in [1.29, 1.82) is 0 Å². The topological polar surface area (TPSA) is 52.6 Å². The maximum absolute atomic E-state index is 11.9. The van der Waals surface area contributed by atoms with Crippen LogP contribution < -0.4 is 0 Å².